The average molecular weight is 265 g/mol. The van der Waals surface area contributed by atoms with E-state index in [1.54, 1.807) is 0 Å². The van der Waals surface area contributed by atoms with Gasteiger partial charge in [0, 0.05) is 18.0 Å². The maximum absolute atomic E-state index is 9.51. The summed E-state index contributed by atoms with van der Waals surface area (Å²) in [5.74, 6) is 7.88. The lowest BCUT2D eigenvalue weighted by atomic mass is 9.93. The molecule has 1 aromatic heterocycles. The standard InChI is InChI=1S/C13H23N5O/c1-8(2)13-16-11(7-12(17-13)18-14)15-9-3-5-10(19)6-4-9/h7-10,19H,3-6,14H2,1-2H3,(H2,15,16,17,18). The van der Waals surface area contributed by atoms with E-state index in [0.717, 1.165) is 37.3 Å². The van der Waals surface area contributed by atoms with Crippen LogP contribution in [-0.4, -0.2) is 27.2 Å². The lowest BCUT2D eigenvalue weighted by Gasteiger charge is -2.26. The lowest BCUT2D eigenvalue weighted by Crippen LogP contribution is -2.28. The van der Waals surface area contributed by atoms with Crippen molar-refractivity contribution >= 4 is 11.6 Å². The highest BCUT2D eigenvalue weighted by molar-refractivity contribution is 5.47. The van der Waals surface area contributed by atoms with Crippen LogP contribution in [0, 0.1) is 0 Å². The fraction of sp³-hybridized carbons (Fsp3) is 0.692. The molecule has 2 rings (SSSR count). The summed E-state index contributed by atoms with van der Waals surface area (Å²) in [5, 5.41) is 12.9. The summed E-state index contributed by atoms with van der Waals surface area (Å²) in [6.07, 6.45) is 3.49. The molecular weight excluding hydrogens is 242 g/mol. The second-order valence-corrected chi connectivity index (χ2v) is 5.45. The third-order valence-corrected chi connectivity index (χ3v) is 3.46. The summed E-state index contributed by atoms with van der Waals surface area (Å²) in [6.45, 7) is 4.10. The molecule has 1 heterocycles. The molecule has 6 heteroatoms. The molecule has 0 spiro atoms. The van der Waals surface area contributed by atoms with Crippen LogP contribution in [0.1, 0.15) is 51.3 Å². The van der Waals surface area contributed by atoms with Crippen LogP contribution in [0.2, 0.25) is 0 Å². The zero-order valence-corrected chi connectivity index (χ0v) is 11.6. The van der Waals surface area contributed by atoms with Crippen molar-refractivity contribution in [3.05, 3.63) is 11.9 Å². The lowest BCUT2D eigenvalue weighted by molar-refractivity contribution is 0.126. The molecule has 0 saturated heterocycles. The molecule has 0 atom stereocenters. The predicted molar refractivity (Wildman–Crippen MR) is 75.8 cm³/mol. The van der Waals surface area contributed by atoms with Gasteiger partial charge in [0.05, 0.1) is 6.10 Å². The zero-order chi connectivity index (χ0) is 13.8. The number of rotatable bonds is 4. The normalized spacial score (nSPS) is 23.4. The smallest absolute Gasteiger partial charge is 0.145 e. The van der Waals surface area contributed by atoms with Gasteiger partial charge in [-0.25, -0.2) is 15.8 Å². The van der Waals surface area contributed by atoms with E-state index in [1.165, 1.54) is 0 Å². The summed E-state index contributed by atoms with van der Waals surface area (Å²) in [7, 11) is 0. The van der Waals surface area contributed by atoms with E-state index in [9.17, 15) is 5.11 Å². The first-order valence-corrected chi connectivity index (χ1v) is 6.88. The van der Waals surface area contributed by atoms with Crippen molar-refractivity contribution in [2.75, 3.05) is 10.7 Å². The Hall–Kier alpha value is -1.40. The van der Waals surface area contributed by atoms with Crippen LogP contribution in [0.4, 0.5) is 11.6 Å². The SMILES string of the molecule is CC(C)c1nc(NN)cc(NC2CCC(O)CC2)n1. The van der Waals surface area contributed by atoms with Crippen molar-refractivity contribution in [3.8, 4) is 0 Å². The molecule has 5 N–H and O–H groups in total. The number of nitrogens with zero attached hydrogens (tertiary/aromatic N) is 2. The van der Waals surface area contributed by atoms with Crippen molar-refractivity contribution in [3.63, 3.8) is 0 Å². The van der Waals surface area contributed by atoms with Gasteiger partial charge in [-0.05, 0) is 25.7 Å². The van der Waals surface area contributed by atoms with Crippen molar-refractivity contribution in [1.82, 2.24) is 9.97 Å². The molecule has 0 aromatic carbocycles. The molecule has 1 fully saturated rings. The highest BCUT2D eigenvalue weighted by Gasteiger charge is 2.20. The Labute approximate surface area is 113 Å². The minimum atomic E-state index is -0.143. The van der Waals surface area contributed by atoms with Gasteiger partial charge >= 0.3 is 0 Å². The van der Waals surface area contributed by atoms with Gasteiger partial charge in [-0.1, -0.05) is 13.8 Å². The first kappa shape index (κ1) is 14.0. The number of hydrazine groups is 1. The van der Waals surface area contributed by atoms with Gasteiger partial charge in [0.15, 0.2) is 0 Å². The van der Waals surface area contributed by atoms with Gasteiger partial charge in [0.25, 0.3) is 0 Å². The van der Waals surface area contributed by atoms with Gasteiger partial charge in [-0.2, -0.15) is 0 Å². The summed E-state index contributed by atoms with van der Waals surface area (Å²) in [6, 6.07) is 2.18. The molecule has 0 unspecified atom stereocenters. The van der Waals surface area contributed by atoms with E-state index in [1.807, 2.05) is 6.07 Å². The predicted octanol–water partition coefficient (Wildman–Crippen LogP) is 1.60. The molecule has 1 aromatic rings. The summed E-state index contributed by atoms with van der Waals surface area (Å²) < 4.78 is 0. The van der Waals surface area contributed by atoms with Crippen molar-refractivity contribution in [2.24, 2.45) is 5.84 Å². The Morgan fingerprint density at radius 3 is 2.42 bits per heavy atom. The molecule has 19 heavy (non-hydrogen) atoms. The van der Waals surface area contributed by atoms with E-state index in [-0.39, 0.29) is 12.0 Å². The molecule has 106 valence electrons. The quantitative estimate of drug-likeness (QED) is 0.488. The first-order chi connectivity index (χ1) is 9.08. The number of hydrogen-bond donors (Lipinski definition) is 4. The molecule has 1 saturated carbocycles. The minimum absolute atomic E-state index is 0.143. The average Bonchev–Trinajstić information content (AvgIpc) is 2.41. The van der Waals surface area contributed by atoms with Crippen LogP contribution in [0.25, 0.3) is 0 Å². The van der Waals surface area contributed by atoms with Crippen LogP contribution >= 0.6 is 0 Å². The van der Waals surface area contributed by atoms with Gasteiger partial charge in [0.2, 0.25) is 0 Å². The number of nitrogen functional groups attached to an aromatic ring is 1. The van der Waals surface area contributed by atoms with Crippen molar-refractivity contribution in [1.29, 1.82) is 0 Å². The highest BCUT2D eigenvalue weighted by Crippen LogP contribution is 2.23. The number of hydrogen-bond acceptors (Lipinski definition) is 6. The summed E-state index contributed by atoms with van der Waals surface area (Å²) in [5.41, 5.74) is 2.58. The monoisotopic (exact) mass is 265 g/mol. The Balaban J connectivity index is 2.08. The number of nitrogens with two attached hydrogens (primary N) is 1. The molecule has 1 aliphatic rings. The van der Waals surface area contributed by atoms with Crippen LogP contribution in [-0.2, 0) is 0 Å². The largest absolute Gasteiger partial charge is 0.393 e. The Bertz CT molecular complexity index is 415. The molecular formula is C13H23N5O. The number of anilines is 2. The van der Waals surface area contributed by atoms with E-state index >= 15 is 0 Å². The fourth-order valence-electron chi connectivity index (χ4n) is 2.30. The van der Waals surface area contributed by atoms with Crippen LogP contribution in [0.5, 0.6) is 0 Å². The van der Waals surface area contributed by atoms with Gasteiger partial charge in [-0.15, -0.1) is 0 Å². The number of aliphatic hydroxyl groups is 1. The highest BCUT2D eigenvalue weighted by atomic mass is 16.3. The van der Waals surface area contributed by atoms with Crippen LogP contribution < -0.4 is 16.6 Å². The second-order valence-electron chi connectivity index (χ2n) is 5.45. The zero-order valence-electron chi connectivity index (χ0n) is 11.6. The Morgan fingerprint density at radius 2 is 1.84 bits per heavy atom. The fourth-order valence-corrected chi connectivity index (χ4v) is 2.30. The summed E-state index contributed by atoms with van der Waals surface area (Å²) >= 11 is 0. The third-order valence-electron chi connectivity index (χ3n) is 3.46. The van der Waals surface area contributed by atoms with E-state index in [0.29, 0.717) is 11.9 Å². The molecule has 0 bridgehead atoms. The molecule has 1 aliphatic carbocycles. The van der Waals surface area contributed by atoms with Gasteiger partial charge < -0.3 is 15.8 Å². The maximum Gasteiger partial charge on any atom is 0.145 e. The third kappa shape index (κ3) is 3.78. The summed E-state index contributed by atoms with van der Waals surface area (Å²) in [4.78, 5) is 8.84. The van der Waals surface area contributed by atoms with E-state index in [2.05, 4.69) is 34.6 Å². The number of aliphatic hydroxyl groups excluding tert-OH is 1. The first-order valence-electron chi connectivity index (χ1n) is 6.88. The molecule has 0 amide bonds. The van der Waals surface area contributed by atoms with Crippen LogP contribution in [0.3, 0.4) is 0 Å². The van der Waals surface area contributed by atoms with Gasteiger partial charge in [-0.3, -0.25) is 0 Å². The van der Waals surface area contributed by atoms with E-state index < -0.39 is 0 Å². The van der Waals surface area contributed by atoms with Crippen molar-refractivity contribution < 1.29 is 5.11 Å². The molecule has 0 radical (unpaired) electrons. The molecule has 6 nitrogen and oxygen atoms in total. The topological polar surface area (TPSA) is 96.1 Å². The Morgan fingerprint density at radius 1 is 1.21 bits per heavy atom. The van der Waals surface area contributed by atoms with Gasteiger partial charge in [0.1, 0.15) is 17.5 Å². The van der Waals surface area contributed by atoms with Crippen molar-refractivity contribution in [2.45, 2.75) is 57.6 Å². The Kier molecular flexibility index (Phi) is 4.55. The van der Waals surface area contributed by atoms with E-state index in [4.69, 9.17) is 5.84 Å². The number of aromatic nitrogens is 2. The molecule has 0 aliphatic heterocycles. The number of nitrogens with one attached hydrogen (secondary N) is 2. The van der Waals surface area contributed by atoms with Crippen LogP contribution in [0.15, 0.2) is 6.07 Å². The minimum Gasteiger partial charge on any atom is -0.393 e. The maximum atomic E-state index is 9.51. The second kappa shape index (κ2) is 6.16.